The van der Waals surface area contributed by atoms with Gasteiger partial charge in [0.1, 0.15) is 34.5 Å². The number of thioether (sulfide) groups is 1. The van der Waals surface area contributed by atoms with Crippen LogP contribution in [0.4, 0.5) is 0 Å². The number of amides is 2. The second-order valence-electron chi connectivity index (χ2n) is 7.49. The molecule has 2 saturated heterocycles. The minimum Gasteiger partial charge on any atom is -0.480 e. The molecular formula is C19H18ClN3O5S. The number of β-lactam (4-membered cyclic amide) rings is 1. The van der Waals surface area contributed by atoms with Crippen LogP contribution in [0.1, 0.15) is 30.0 Å². The standard InChI is InChI=1S/C19H18ClN3O5S/c1-8-11(12(22-28-8)9-6-4-5-7-10(9)20)15(24)21-13-16(25)23-14(18(26)27)19(2,3)29-17(13)23/h4-7,13-14,17H,1-3H3,(H,21,24)(H,26,27)/t13-,14-,17-/m0/s1. The van der Waals surface area contributed by atoms with E-state index in [-0.39, 0.29) is 11.3 Å². The highest BCUT2D eigenvalue weighted by molar-refractivity contribution is 8.01. The predicted molar refractivity (Wildman–Crippen MR) is 107 cm³/mol. The van der Waals surface area contributed by atoms with Gasteiger partial charge < -0.3 is 19.8 Å². The van der Waals surface area contributed by atoms with Crippen LogP contribution in [0, 0.1) is 6.92 Å². The molecule has 0 bridgehead atoms. The van der Waals surface area contributed by atoms with Crippen molar-refractivity contribution in [3.8, 4) is 11.3 Å². The molecule has 4 rings (SSSR count). The molecule has 2 aliphatic heterocycles. The van der Waals surface area contributed by atoms with Crippen LogP contribution in [0.5, 0.6) is 0 Å². The summed E-state index contributed by atoms with van der Waals surface area (Å²) in [7, 11) is 0. The molecule has 10 heteroatoms. The van der Waals surface area contributed by atoms with Gasteiger partial charge in [-0.25, -0.2) is 4.79 Å². The summed E-state index contributed by atoms with van der Waals surface area (Å²) >= 11 is 7.59. The maximum Gasteiger partial charge on any atom is 0.327 e. The monoisotopic (exact) mass is 435 g/mol. The third-order valence-electron chi connectivity index (χ3n) is 5.18. The van der Waals surface area contributed by atoms with Crippen molar-refractivity contribution >= 4 is 41.1 Å². The molecule has 2 amide bonds. The summed E-state index contributed by atoms with van der Waals surface area (Å²) in [5.41, 5.74) is 1.03. The van der Waals surface area contributed by atoms with Gasteiger partial charge in [0.05, 0.1) is 5.02 Å². The van der Waals surface area contributed by atoms with Crippen molar-refractivity contribution in [3.63, 3.8) is 0 Å². The summed E-state index contributed by atoms with van der Waals surface area (Å²) in [6.45, 7) is 5.16. The van der Waals surface area contributed by atoms with Gasteiger partial charge in [-0.15, -0.1) is 11.8 Å². The summed E-state index contributed by atoms with van der Waals surface area (Å²) in [5, 5.41) is 16.2. The number of nitrogens with one attached hydrogen (secondary N) is 1. The first-order valence-electron chi connectivity index (χ1n) is 8.88. The molecule has 2 aromatic rings. The van der Waals surface area contributed by atoms with Crippen LogP contribution in [0.2, 0.25) is 5.02 Å². The number of aliphatic carboxylic acids is 1. The first kappa shape index (κ1) is 19.8. The lowest BCUT2D eigenvalue weighted by Gasteiger charge is -2.43. The van der Waals surface area contributed by atoms with E-state index in [2.05, 4.69) is 10.5 Å². The molecule has 0 spiro atoms. The molecule has 0 unspecified atom stereocenters. The molecule has 29 heavy (non-hydrogen) atoms. The first-order valence-corrected chi connectivity index (χ1v) is 10.1. The maximum atomic E-state index is 13.0. The van der Waals surface area contributed by atoms with Gasteiger partial charge >= 0.3 is 5.97 Å². The van der Waals surface area contributed by atoms with Crippen molar-refractivity contribution in [2.75, 3.05) is 0 Å². The van der Waals surface area contributed by atoms with E-state index in [1.807, 2.05) is 0 Å². The summed E-state index contributed by atoms with van der Waals surface area (Å²) in [4.78, 5) is 38.6. The molecule has 1 aromatic heterocycles. The summed E-state index contributed by atoms with van der Waals surface area (Å²) in [5.74, 6) is -1.70. The van der Waals surface area contributed by atoms with E-state index < -0.39 is 40.0 Å². The van der Waals surface area contributed by atoms with Gasteiger partial charge in [0.25, 0.3) is 5.91 Å². The minimum absolute atomic E-state index is 0.196. The van der Waals surface area contributed by atoms with E-state index in [0.29, 0.717) is 16.3 Å². The van der Waals surface area contributed by atoms with Crippen LogP contribution in [0.15, 0.2) is 28.8 Å². The Kier molecular flexibility index (Phi) is 4.62. The fourth-order valence-corrected chi connectivity index (χ4v) is 5.69. The van der Waals surface area contributed by atoms with E-state index in [9.17, 15) is 19.5 Å². The lowest BCUT2D eigenvalue weighted by molar-refractivity contribution is -0.159. The van der Waals surface area contributed by atoms with Crippen LogP contribution in [0.25, 0.3) is 11.3 Å². The van der Waals surface area contributed by atoms with Crippen LogP contribution in [-0.4, -0.2) is 55.2 Å². The van der Waals surface area contributed by atoms with E-state index >= 15 is 0 Å². The smallest absolute Gasteiger partial charge is 0.327 e. The average Bonchev–Trinajstić information content (AvgIpc) is 3.15. The van der Waals surface area contributed by atoms with Gasteiger partial charge in [-0.1, -0.05) is 35.0 Å². The van der Waals surface area contributed by atoms with Crippen molar-refractivity contribution in [2.24, 2.45) is 0 Å². The predicted octanol–water partition coefficient (Wildman–Crippen LogP) is 2.55. The number of nitrogens with zero attached hydrogens (tertiary/aromatic N) is 2. The maximum absolute atomic E-state index is 13.0. The third kappa shape index (κ3) is 3.00. The first-order chi connectivity index (χ1) is 13.6. The summed E-state index contributed by atoms with van der Waals surface area (Å²) in [6, 6.07) is 5.18. The number of aryl methyl sites for hydroxylation is 1. The fraction of sp³-hybridized carbons (Fsp3) is 0.368. The Morgan fingerprint density at radius 3 is 2.69 bits per heavy atom. The zero-order valence-corrected chi connectivity index (χ0v) is 17.4. The largest absolute Gasteiger partial charge is 0.480 e. The molecule has 2 fully saturated rings. The molecule has 2 aliphatic rings. The van der Waals surface area contributed by atoms with Gasteiger partial charge in [0.2, 0.25) is 5.91 Å². The highest BCUT2D eigenvalue weighted by Crippen LogP contribution is 2.50. The Bertz CT molecular complexity index is 1040. The van der Waals surface area contributed by atoms with E-state index in [4.69, 9.17) is 16.1 Å². The Labute approximate surface area is 175 Å². The lowest BCUT2D eigenvalue weighted by Crippen LogP contribution is -2.70. The SMILES string of the molecule is Cc1onc(-c2ccccc2Cl)c1C(=O)N[C@H]1C(=O)N2[C@@H](C(=O)O)C(C)(C)S[C@@H]12. The summed E-state index contributed by atoms with van der Waals surface area (Å²) < 4.78 is 4.54. The number of carbonyl (C=O) groups is 3. The van der Waals surface area contributed by atoms with Crippen molar-refractivity contribution < 1.29 is 24.0 Å². The number of benzene rings is 1. The van der Waals surface area contributed by atoms with E-state index in [0.717, 1.165) is 0 Å². The van der Waals surface area contributed by atoms with Gasteiger partial charge in [-0.2, -0.15) is 0 Å². The Hall–Kier alpha value is -2.52. The molecule has 152 valence electrons. The molecule has 1 aromatic carbocycles. The van der Waals surface area contributed by atoms with Gasteiger partial charge in [-0.05, 0) is 26.8 Å². The second kappa shape index (κ2) is 6.77. The number of fused-ring (bicyclic) bond motifs is 1. The van der Waals surface area contributed by atoms with Gasteiger partial charge in [-0.3, -0.25) is 9.59 Å². The van der Waals surface area contributed by atoms with Crippen molar-refractivity contribution in [2.45, 2.75) is 43.0 Å². The van der Waals surface area contributed by atoms with Crippen molar-refractivity contribution in [1.29, 1.82) is 0 Å². The number of aromatic nitrogens is 1. The molecule has 3 atom stereocenters. The van der Waals surface area contributed by atoms with Gasteiger partial charge in [0, 0.05) is 10.3 Å². The Balaban J connectivity index is 1.60. The molecule has 3 heterocycles. The Morgan fingerprint density at radius 2 is 2.03 bits per heavy atom. The van der Waals surface area contributed by atoms with E-state index in [1.165, 1.54) is 16.7 Å². The van der Waals surface area contributed by atoms with Crippen LogP contribution < -0.4 is 5.32 Å². The molecule has 0 saturated carbocycles. The van der Waals surface area contributed by atoms with Crippen LogP contribution in [0.3, 0.4) is 0 Å². The molecule has 0 aliphatic carbocycles. The number of halogens is 1. The van der Waals surface area contributed by atoms with Crippen LogP contribution >= 0.6 is 23.4 Å². The topological polar surface area (TPSA) is 113 Å². The molecule has 0 radical (unpaired) electrons. The lowest BCUT2D eigenvalue weighted by atomic mass is 9.95. The third-order valence-corrected chi connectivity index (χ3v) is 7.08. The number of carboxylic acids is 1. The zero-order valence-electron chi connectivity index (χ0n) is 15.8. The second-order valence-corrected chi connectivity index (χ2v) is 9.67. The van der Waals surface area contributed by atoms with Crippen molar-refractivity contribution in [3.05, 3.63) is 40.6 Å². The quantitative estimate of drug-likeness (QED) is 0.709. The number of carboxylic acid groups (broad SMARTS) is 1. The summed E-state index contributed by atoms with van der Waals surface area (Å²) in [6.07, 6.45) is 0. The minimum atomic E-state index is -1.06. The highest BCUT2D eigenvalue weighted by atomic mass is 35.5. The number of hydrogen-bond acceptors (Lipinski definition) is 6. The number of rotatable bonds is 4. The van der Waals surface area contributed by atoms with Gasteiger partial charge in [0.15, 0.2) is 0 Å². The number of carbonyl (C=O) groups excluding carboxylic acids is 2. The zero-order chi connectivity index (χ0) is 21.1. The number of hydrogen-bond donors (Lipinski definition) is 2. The normalized spacial score (nSPS) is 24.8. The molecular weight excluding hydrogens is 418 g/mol. The average molecular weight is 436 g/mol. The highest BCUT2D eigenvalue weighted by Gasteiger charge is 2.64. The van der Waals surface area contributed by atoms with Crippen LogP contribution in [-0.2, 0) is 9.59 Å². The van der Waals surface area contributed by atoms with Crippen molar-refractivity contribution in [1.82, 2.24) is 15.4 Å². The van der Waals surface area contributed by atoms with E-state index in [1.54, 1.807) is 45.0 Å². The fourth-order valence-electron chi connectivity index (χ4n) is 3.84. The molecule has 8 nitrogen and oxygen atoms in total. The molecule has 2 N–H and O–H groups in total. The Morgan fingerprint density at radius 1 is 1.34 bits per heavy atom.